The first-order valence-electron chi connectivity index (χ1n) is 5.19. The summed E-state index contributed by atoms with van der Waals surface area (Å²) in [5, 5.41) is 0. The lowest BCUT2D eigenvalue weighted by Crippen LogP contribution is -2.35. The minimum Gasteiger partial charge on any atom is -0.327 e. The molecule has 2 N–H and O–H groups in total. The highest BCUT2D eigenvalue weighted by Crippen LogP contribution is 1.88. The minimum atomic E-state index is 0.0479. The van der Waals surface area contributed by atoms with E-state index in [9.17, 15) is 4.79 Å². The Morgan fingerprint density at radius 3 is 2.87 bits per heavy atom. The van der Waals surface area contributed by atoms with Crippen molar-refractivity contribution in [2.75, 3.05) is 20.1 Å². The van der Waals surface area contributed by atoms with Gasteiger partial charge in [0, 0.05) is 37.9 Å². The van der Waals surface area contributed by atoms with Gasteiger partial charge in [-0.2, -0.15) is 0 Å². The van der Waals surface area contributed by atoms with Gasteiger partial charge in [-0.25, -0.2) is 0 Å². The lowest BCUT2D eigenvalue weighted by molar-refractivity contribution is 0.302. The first-order valence-corrected chi connectivity index (χ1v) is 5.19. The number of aromatic nitrogens is 1. The number of nitrogens with two attached hydrogens (primary N) is 1. The van der Waals surface area contributed by atoms with Gasteiger partial charge < -0.3 is 15.2 Å². The summed E-state index contributed by atoms with van der Waals surface area (Å²) in [7, 11) is 2.01. The smallest absolute Gasteiger partial charge is 0.250 e. The summed E-state index contributed by atoms with van der Waals surface area (Å²) in [6.07, 6.45) is 1.81. The van der Waals surface area contributed by atoms with E-state index < -0.39 is 0 Å². The maximum atomic E-state index is 11.4. The lowest BCUT2D eigenvalue weighted by Gasteiger charge is -2.19. The number of pyridine rings is 1. The van der Waals surface area contributed by atoms with Gasteiger partial charge in [0.2, 0.25) is 0 Å². The molecule has 0 aromatic carbocycles. The monoisotopic (exact) mass is 209 g/mol. The molecule has 0 aliphatic rings. The average Bonchev–Trinajstić information content (AvgIpc) is 2.15. The first-order chi connectivity index (χ1) is 7.09. The third-order valence-corrected chi connectivity index (χ3v) is 2.22. The van der Waals surface area contributed by atoms with Crippen LogP contribution in [-0.2, 0) is 6.54 Å². The van der Waals surface area contributed by atoms with Gasteiger partial charge in [0.05, 0.1) is 0 Å². The zero-order valence-corrected chi connectivity index (χ0v) is 9.39. The van der Waals surface area contributed by atoms with Crippen LogP contribution >= 0.6 is 0 Å². The second kappa shape index (κ2) is 5.68. The van der Waals surface area contributed by atoms with Crippen LogP contribution in [0.2, 0.25) is 0 Å². The molecule has 15 heavy (non-hydrogen) atoms. The molecule has 4 heteroatoms. The van der Waals surface area contributed by atoms with E-state index in [0.29, 0.717) is 6.54 Å². The topological polar surface area (TPSA) is 51.3 Å². The fraction of sp³-hybridized carbons (Fsp3) is 0.545. The van der Waals surface area contributed by atoms with Crippen LogP contribution in [0.25, 0.3) is 0 Å². The fourth-order valence-corrected chi connectivity index (χ4v) is 1.51. The van der Waals surface area contributed by atoms with Crippen LogP contribution < -0.4 is 11.3 Å². The summed E-state index contributed by atoms with van der Waals surface area (Å²) >= 11 is 0. The van der Waals surface area contributed by atoms with Crippen LogP contribution in [0, 0.1) is 0 Å². The van der Waals surface area contributed by atoms with Gasteiger partial charge in [0.15, 0.2) is 0 Å². The maximum Gasteiger partial charge on any atom is 0.250 e. The van der Waals surface area contributed by atoms with Crippen LogP contribution in [0.3, 0.4) is 0 Å². The SMILES string of the molecule is CC(N)CN(C)CCn1ccccc1=O. The number of hydrogen-bond acceptors (Lipinski definition) is 3. The van der Waals surface area contributed by atoms with Gasteiger partial charge >= 0.3 is 0 Å². The van der Waals surface area contributed by atoms with Crippen molar-refractivity contribution in [3.05, 3.63) is 34.7 Å². The molecule has 0 spiro atoms. The number of rotatable bonds is 5. The van der Waals surface area contributed by atoms with E-state index in [4.69, 9.17) is 5.73 Å². The molecule has 84 valence electrons. The largest absolute Gasteiger partial charge is 0.327 e. The van der Waals surface area contributed by atoms with Crippen molar-refractivity contribution >= 4 is 0 Å². The van der Waals surface area contributed by atoms with Crippen LogP contribution in [0.5, 0.6) is 0 Å². The van der Waals surface area contributed by atoms with Gasteiger partial charge in [0.1, 0.15) is 0 Å². The maximum absolute atomic E-state index is 11.4. The second-order valence-corrected chi connectivity index (χ2v) is 3.97. The Kier molecular flexibility index (Phi) is 4.52. The molecular formula is C11H19N3O. The third kappa shape index (κ3) is 4.27. The quantitative estimate of drug-likeness (QED) is 0.750. The van der Waals surface area contributed by atoms with E-state index in [1.807, 2.05) is 26.2 Å². The summed E-state index contributed by atoms with van der Waals surface area (Å²) in [6.45, 7) is 4.38. The molecule has 0 aliphatic heterocycles. The molecule has 1 rings (SSSR count). The number of hydrogen-bond donors (Lipinski definition) is 1. The van der Waals surface area contributed by atoms with E-state index >= 15 is 0 Å². The van der Waals surface area contributed by atoms with E-state index in [0.717, 1.165) is 13.1 Å². The zero-order chi connectivity index (χ0) is 11.3. The normalized spacial score (nSPS) is 13.1. The van der Waals surface area contributed by atoms with Crippen LogP contribution in [-0.4, -0.2) is 35.6 Å². The minimum absolute atomic E-state index is 0.0479. The second-order valence-electron chi connectivity index (χ2n) is 3.97. The molecule has 0 fully saturated rings. The highest BCUT2D eigenvalue weighted by atomic mass is 16.1. The first kappa shape index (κ1) is 11.9. The van der Waals surface area contributed by atoms with Gasteiger partial charge in [-0.3, -0.25) is 4.79 Å². The molecule has 1 unspecified atom stereocenters. The molecule has 0 amide bonds. The van der Waals surface area contributed by atoms with Crippen molar-refractivity contribution in [2.45, 2.75) is 19.5 Å². The van der Waals surface area contributed by atoms with E-state index in [2.05, 4.69) is 4.90 Å². The predicted molar refractivity (Wildman–Crippen MR) is 61.8 cm³/mol. The Morgan fingerprint density at radius 2 is 2.27 bits per heavy atom. The Hall–Kier alpha value is -1.13. The highest BCUT2D eigenvalue weighted by molar-refractivity contribution is 4.93. The molecule has 0 radical (unpaired) electrons. The summed E-state index contributed by atoms with van der Waals surface area (Å²) in [4.78, 5) is 13.5. The molecule has 4 nitrogen and oxygen atoms in total. The lowest BCUT2D eigenvalue weighted by atomic mass is 10.3. The van der Waals surface area contributed by atoms with Crippen LogP contribution in [0.4, 0.5) is 0 Å². The van der Waals surface area contributed by atoms with Crippen molar-refractivity contribution in [2.24, 2.45) is 5.73 Å². The molecule has 1 aromatic rings. The molecule has 1 heterocycles. The number of likely N-dealkylation sites (N-methyl/N-ethyl adjacent to an activating group) is 1. The molecule has 1 atom stereocenters. The van der Waals surface area contributed by atoms with Gasteiger partial charge in [-0.15, -0.1) is 0 Å². The predicted octanol–water partition coefficient (Wildman–Crippen LogP) is 0.127. The molecule has 0 saturated carbocycles. The molecular weight excluding hydrogens is 190 g/mol. The molecule has 1 aromatic heterocycles. The Labute approximate surface area is 90.3 Å². The third-order valence-electron chi connectivity index (χ3n) is 2.22. The van der Waals surface area contributed by atoms with E-state index in [-0.39, 0.29) is 11.6 Å². The summed E-state index contributed by atoms with van der Waals surface area (Å²) in [5.74, 6) is 0. The molecule has 0 bridgehead atoms. The fourth-order valence-electron chi connectivity index (χ4n) is 1.51. The Balaban J connectivity index is 2.44. The van der Waals surface area contributed by atoms with Crippen molar-refractivity contribution in [1.29, 1.82) is 0 Å². The van der Waals surface area contributed by atoms with E-state index in [1.165, 1.54) is 0 Å². The number of nitrogens with zero attached hydrogens (tertiary/aromatic N) is 2. The Bertz CT molecular complexity index is 346. The van der Waals surface area contributed by atoms with E-state index in [1.54, 1.807) is 16.7 Å². The highest BCUT2D eigenvalue weighted by Gasteiger charge is 2.02. The zero-order valence-electron chi connectivity index (χ0n) is 9.39. The summed E-state index contributed by atoms with van der Waals surface area (Å²) < 4.78 is 1.71. The van der Waals surface area contributed by atoms with Crippen molar-refractivity contribution in [1.82, 2.24) is 9.47 Å². The standard InChI is InChI=1S/C11H19N3O/c1-10(12)9-13(2)7-8-14-6-4-3-5-11(14)15/h3-6,10H,7-9,12H2,1-2H3. The van der Waals surface area contributed by atoms with Crippen molar-refractivity contribution in [3.63, 3.8) is 0 Å². The summed E-state index contributed by atoms with van der Waals surface area (Å²) in [5.41, 5.74) is 5.73. The van der Waals surface area contributed by atoms with Crippen LogP contribution in [0.15, 0.2) is 29.2 Å². The van der Waals surface area contributed by atoms with Gasteiger partial charge in [-0.1, -0.05) is 6.07 Å². The van der Waals surface area contributed by atoms with Gasteiger partial charge in [0.25, 0.3) is 5.56 Å². The van der Waals surface area contributed by atoms with Crippen molar-refractivity contribution < 1.29 is 0 Å². The van der Waals surface area contributed by atoms with Crippen LogP contribution in [0.1, 0.15) is 6.92 Å². The summed E-state index contributed by atoms with van der Waals surface area (Å²) in [6, 6.07) is 5.37. The van der Waals surface area contributed by atoms with Gasteiger partial charge in [-0.05, 0) is 20.0 Å². The molecule has 0 saturated heterocycles. The Morgan fingerprint density at radius 1 is 1.53 bits per heavy atom. The average molecular weight is 209 g/mol. The van der Waals surface area contributed by atoms with Crippen molar-refractivity contribution in [3.8, 4) is 0 Å². The molecule has 0 aliphatic carbocycles.